The smallest absolute Gasteiger partial charge is 0.223 e. The second-order valence-corrected chi connectivity index (χ2v) is 4.83. The first-order valence-corrected chi connectivity index (χ1v) is 5.95. The third kappa shape index (κ3) is 5.82. The van der Waals surface area contributed by atoms with Gasteiger partial charge in [0.15, 0.2) is 5.78 Å². The predicted molar refractivity (Wildman–Crippen MR) is 65.1 cm³/mol. The van der Waals surface area contributed by atoms with E-state index >= 15 is 0 Å². The van der Waals surface area contributed by atoms with Crippen molar-refractivity contribution in [3.63, 3.8) is 0 Å². The zero-order valence-electron chi connectivity index (χ0n) is 9.91. The molecule has 0 bridgehead atoms. The summed E-state index contributed by atoms with van der Waals surface area (Å²) in [5, 5.41) is 2.71. The third-order valence-corrected chi connectivity index (χ3v) is 2.39. The van der Waals surface area contributed by atoms with Crippen LogP contribution in [0.4, 0.5) is 0 Å². The van der Waals surface area contributed by atoms with Gasteiger partial charge in [0, 0.05) is 18.1 Å². The van der Waals surface area contributed by atoms with Gasteiger partial charge in [-0.05, 0) is 5.92 Å². The highest BCUT2D eigenvalue weighted by Crippen LogP contribution is 2.05. The van der Waals surface area contributed by atoms with E-state index in [0.717, 1.165) is 0 Å². The van der Waals surface area contributed by atoms with E-state index in [0.29, 0.717) is 18.1 Å². The van der Waals surface area contributed by atoms with Crippen LogP contribution in [0.15, 0.2) is 0 Å². The molecule has 1 unspecified atom stereocenters. The summed E-state index contributed by atoms with van der Waals surface area (Å²) in [7, 11) is 0. The monoisotopic (exact) mass is 231 g/mol. The fraction of sp³-hybridized carbons (Fsp3) is 0.818. The minimum atomic E-state index is -0.439. The molecule has 0 spiro atoms. The van der Waals surface area contributed by atoms with E-state index in [2.05, 4.69) is 17.9 Å². The first-order valence-electron chi connectivity index (χ1n) is 5.32. The van der Waals surface area contributed by atoms with Crippen molar-refractivity contribution in [1.29, 1.82) is 0 Å². The van der Waals surface area contributed by atoms with Gasteiger partial charge in [-0.2, -0.15) is 12.6 Å². The molecule has 0 aliphatic carbocycles. The molecule has 1 N–H and O–H groups in total. The van der Waals surface area contributed by atoms with Crippen molar-refractivity contribution in [3.8, 4) is 0 Å². The second-order valence-electron chi connectivity index (χ2n) is 4.46. The Morgan fingerprint density at radius 1 is 1.20 bits per heavy atom. The normalized spacial score (nSPS) is 13.0. The zero-order chi connectivity index (χ0) is 12.0. The van der Waals surface area contributed by atoms with Crippen LogP contribution < -0.4 is 5.32 Å². The summed E-state index contributed by atoms with van der Waals surface area (Å²) in [6.45, 7) is 7.57. The number of carbonyl (C=O) groups excluding carboxylic acids is 2. The van der Waals surface area contributed by atoms with E-state index in [9.17, 15) is 9.59 Å². The van der Waals surface area contributed by atoms with Gasteiger partial charge in [0.1, 0.15) is 0 Å². The third-order valence-electron chi connectivity index (χ3n) is 2.02. The van der Waals surface area contributed by atoms with Crippen LogP contribution in [0.2, 0.25) is 0 Å². The Morgan fingerprint density at radius 2 is 1.73 bits per heavy atom. The lowest BCUT2D eigenvalue weighted by Crippen LogP contribution is -2.44. The summed E-state index contributed by atoms with van der Waals surface area (Å²) in [4.78, 5) is 23.1. The molecule has 0 saturated carbocycles. The maximum Gasteiger partial charge on any atom is 0.223 e. The highest BCUT2D eigenvalue weighted by atomic mass is 32.1. The number of carbonyl (C=O) groups is 2. The maximum absolute atomic E-state index is 11.7. The van der Waals surface area contributed by atoms with Gasteiger partial charge in [0.2, 0.25) is 5.91 Å². The molecule has 15 heavy (non-hydrogen) atoms. The van der Waals surface area contributed by atoms with Crippen molar-refractivity contribution >= 4 is 24.3 Å². The van der Waals surface area contributed by atoms with Gasteiger partial charge in [-0.3, -0.25) is 9.59 Å². The lowest BCUT2D eigenvalue weighted by Gasteiger charge is -2.17. The van der Waals surface area contributed by atoms with Gasteiger partial charge < -0.3 is 5.32 Å². The number of nitrogens with one attached hydrogen (secondary N) is 1. The molecule has 0 aromatic heterocycles. The molecule has 0 saturated heterocycles. The van der Waals surface area contributed by atoms with E-state index in [4.69, 9.17) is 0 Å². The Labute approximate surface area is 97.4 Å². The average molecular weight is 231 g/mol. The Bertz CT molecular complexity index is 227. The molecule has 1 atom stereocenters. The van der Waals surface area contributed by atoms with Crippen LogP contribution in [-0.4, -0.2) is 23.5 Å². The van der Waals surface area contributed by atoms with Crippen LogP contribution in [0.1, 0.15) is 34.1 Å². The molecule has 0 heterocycles. The molecular weight excluding hydrogens is 210 g/mol. The fourth-order valence-corrected chi connectivity index (χ4v) is 1.41. The summed E-state index contributed by atoms with van der Waals surface area (Å²) >= 11 is 4.08. The molecular formula is C11H21NO2S. The van der Waals surface area contributed by atoms with Crippen LogP contribution in [0.3, 0.4) is 0 Å². The summed E-state index contributed by atoms with van der Waals surface area (Å²) in [5.74, 6) is 0.555. The first kappa shape index (κ1) is 14.5. The summed E-state index contributed by atoms with van der Waals surface area (Å²) in [6.07, 6.45) is 0.490. The first-order chi connectivity index (χ1) is 6.88. The molecule has 0 aliphatic heterocycles. The molecule has 3 nitrogen and oxygen atoms in total. The number of amides is 1. The predicted octanol–water partition coefficient (Wildman–Crippen LogP) is 1.67. The Hall–Kier alpha value is -0.510. The minimum absolute atomic E-state index is 0.0639. The molecule has 0 aromatic carbocycles. The van der Waals surface area contributed by atoms with Gasteiger partial charge in [0.25, 0.3) is 0 Å². The van der Waals surface area contributed by atoms with Crippen molar-refractivity contribution in [2.75, 3.05) is 5.75 Å². The SMILES string of the molecule is CC(C)CC(=O)C(CS)NC(=O)C(C)C. The Balaban J connectivity index is 4.24. The molecule has 1 amide bonds. The van der Waals surface area contributed by atoms with Crippen molar-refractivity contribution in [1.82, 2.24) is 5.32 Å². The molecule has 4 heteroatoms. The van der Waals surface area contributed by atoms with Crippen LogP contribution in [-0.2, 0) is 9.59 Å². The minimum Gasteiger partial charge on any atom is -0.345 e. The molecule has 0 radical (unpaired) electrons. The summed E-state index contributed by atoms with van der Waals surface area (Å²) in [6, 6.07) is -0.439. The van der Waals surface area contributed by atoms with Crippen molar-refractivity contribution in [3.05, 3.63) is 0 Å². The van der Waals surface area contributed by atoms with Gasteiger partial charge in [-0.25, -0.2) is 0 Å². The topological polar surface area (TPSA) is 46.2 Å². The number of ketones is 1. The summed E-state index contributed by atoms with van der Waals surface area (Å²) in [5.41, 5.74) is 0. The van der Waals surface area contributed by atoms with Gasteiger partial charge in [-0.15, -0.1) is 0 Å². The van der Waals surface area contributed by atoms with Gasteiger partial charge >= 0.3 is 0 Å². The van der Waals surface area contributed by atoms with E-state index in [1.807, 2.05) is 13.8 Å². The average Bonchev–Trinajstić information content (AvgIpc) is 2.11. The lowest BCUT2D eigenvalue weighted by atomic mass is 10.0. The van der Waals surface area contributed by atoms with E-state index in [-0.39, 0.29) is 17.6 Å². The Morgan fingerprint density at radius 3 is 2.07 bits per heavy atom. The van der Waals surface area contributed by atoms with Gasteiger partial charge in [-0.1, -0.05) is 27.7 Å². The summed E-state index contributed by atoms with van der Waals surface area (Å²) < 4.78 is 0. The highest BCUT2D eigenvalue weighted by Gasteiger charge is 2.20. The van der Waals surface area contributed by atoms with Crippen molar-refractivity contribution < 1.29 is 9.59 Å². The van der Waals surface area contributed by atoms with Crippen LogP contribution in [0.25, 0.3) is 0 Å². The number of rotatable bonds is 6. The largest absolute Gasteiger partial charge is 0.345 e. The van der Waals surface area contributed by atoms with Crippen molar-refractivity contribution in [2.24, 2.45) is 11.8 Å². The van der Waals surface area contributed by atoms with Gasteiger partial charge in [0.05, 0.1) is 6.04 Å². The fourth-order valence-electron chi connectivity index (χ4n) is 1.11. The number of thiol groups is 1. The molecule has 0 aliphatic rings. The number of hydrogen-bond donors (Lipinski definition) is 2. The quantitative estimate of drug-likeness (QED) is 0.683. The van der Waals surface area contributed by atoms with Crippen LogP contribution in [0, 0.1) is 11.8 Å². The van der Waals surface area contributed by atoms with E-state index in [1.54, 1.807) is 13.8 Å². The molecule has 0 rings (SSSR count). The standard InChI is InChI=1S/C11H21NO2S/c1-7(2)5-10(13)9(6-15)12-11(14)8(3)4/h7-9,15H,5-6H2,1-4H3,(H,12,14). The van der Waals surface area contributed by atoms with E-state index < -0.39 is 6.04 Å². The highest BCUT2D eigenvalue weighted by molar-refractivity contribution is 7.80. The molecule has 0 aromatic rings. The number of hydrogen-bond acceptors (Lipinski definition) is 3. The Kier molecular flexibility index (Phi) is 6.65. The molecule has 88 valence electrons. The maximum atomic E-state index is 11.7. The van der Waals surface area contributed by atoms with Crippen molar-refractivity contribution in [2.45, 2.75) is 40.2 Å². The zero-order valence-corrected chi connectivity index (χ0v) is 10.8. The second kappa shape index (κ2) is 6.88. The van der Waals surface area contributed by atoms with E-state index in [1.165, 1.54) is 0 Å². The lowest BCUT2D eigenvalue weighted by molar-refractivity contribution is -0.129. The number of Topliss-reactive ketones (excluding diaryl/α,β-unsaturated/α-hetero) is 1. The van der Waals surface area contributed by atoms with Crippen LogP contribution >= 0.6 is 12.6 Å². The van der Waals surface area contributed by atoms with Crippen LogP contribution in [0.5, 0.6) is 0 Å². The molecule has 0 fully saturated rings.